The lowest BCUT2D eigenvalue weighted by atomic mass is 10.1. The molecule has 2 aromatic carbocycles. The van der Waals surface area contributed by atoms with Gasteiger partial charge in [0.1, 0.15) is 0 Å². The van der Waals surface area contributed by atoms with Crippen molar-refractivity contribution in [2.45, 2.75) is 32.4 Å². The summed E-state index contributed by atoms with van der Waals surface area (Å²) in [6.45, 7) is 2.07. The number of anilines is 1. The van der Waals surface area contributed by atoms with Gasteiger partial charge in [-0.2, -0.15) is 0 Å². The summed E-state index contributed by atoms with van der Waals surface area (Å²) in [5.41, 5.74) is 4.10. The summed E-state index contributed by atoms with van der Waals surface area (Å²) in [6, 6.07) is 15.9. The molecule has 1 saturated heterocycles. The topological polar surface area (TPSA) is 67.2 Å². The van der Waals surface area contributed by atoms with E-state index < -0.39 is 0 Å². The number of carbonyl (C=O) groups is 2. The van der Waals surface area contributed by atoms with Crippen molar-refractivity contribution >= 4 is 17.5 Å². The first-order valence-corrected chi connectivity index (χ1v) is 9.87. The number of carbonyl (C=O) groups excluding carboxylic acids is 2. The highest BCUT2D eigenvalue weighted by Gasteiger charge is 2.21. The van der Waals surface area contributed by atoms with E-state index in [0.717, 1.165) is 36.3 Å². The monoisotopic (exact) mass is 388 g/mol. The quantitative estimate of drug-likeness (QED) is 0.677. The highest BCUT2D eigenvalue weighted by Crippen LogP contribution is 2.21. The van der Waals surface area contributed by atoms with Crippen molar-refractivity contribution < 1.29 is 9.59 Å². The van der Waals surface area contributed by atoms with E-state index in [1.807, 2.05) is 47.2 Å². The average molecular weight is 388 g/mol. The molecule has 6 heteroatoms. The van der Waals surface area contributed by atoms with E-state index in [9.17, 15) is 9.59 Å². The highest BCUT2D eigenvalue weighted by molar-refractivity contribution is 5.95. The fourth-order valence-electron chi connectivity index (χ4n) is 3.52. The van der Waals surface area contributed by atoms with Gasteiger partial charge in [0.2, 0.25) is 11.8 Å². The largest absolute Gasteiger partial charge is 0.352 e. The van der Waals surface area contributed by atoms with Gasteiger partial charge >= 0.3 is 0 Å². The number of nitrogens with zero attached hydrogens (tertiary/aromatic N) is 3. The molecular formula is C23H24N4O2. The van der Waals surface area contributed by atoms with Gasteiger partial charge in [0.15, 0.2) is 0 Å². The number of imidazole rings is 1. The average Bonchev–Trinajstić information content (AvgIpc) is 3.40. The molecule has 0 aliphatic carbocycles. The van der Waals surface area contributed by atoms with Crippen LogP contribution in [-0.4, -0.2) is 27.9 Å². The lowest BCUT2D eigenvalue weighted by Gasteiger charge is -2.15. The summed E-state index contributed by atoms with van der Waals surface area (Å²) < 4.78 is 2.02. The Balaban J connectivity index is 1.26. The molecule has 1 aromatic heterocycles. The Bertz CT molecular complexity index is 963. The smallest absolute Gasteiger partial charge is 0.227 e. The molecule has 1 fully saturated rings. The van der Waals surface area contributed by atoms with Crippen LogP contribution in [0.1, 0.15) is 29.5 Å². The minimum Gasteiger partial charge on any atom is -0.352 e. The van der Waals surface area contributed by atoms with Crippen molar-refractivity contribution in [3.05, 3.63) is 83.9 Å². The van der Waals surface area contributed by atoms with E-state index >= 15 is 0 Å². The fourth-order valence-corrected chi connectivity index (χ4v) is 3.52. The number of hydrogen-bond acceptors (Lipinski definition) is 3. The predicted molar refractivity (Wildman–Crippen MR) is 111 cm³/mol. The molecule has 1 aliphatic rings. The third-order valence-electron chi connectivity index (χ3n) is 5.12. The Morgan fingerprint density at radius 1 is 1.00 bits per heavy atom. The normalized spacial score (nSPS) is 13.7. The zero-order valence-electron chi connectivity index (χ0n) is 16.3. The molecule has 148 valence electrons. The second kappa shape index (κ2) is 8.73. The maximum atomic E-state index is 12.3. The SMILES string of the molecule is O=C(Cc1ccc(N2CCCC2=O)cc1)NCc1ccc(Cn2ccnc2)cc1. The molecule has 2 amide bonds. The predicted octanol–water partition coefficient (Wildman–Crippen LogP) is 2.92. The van der Waals surface area contributed by atoms with E-state index in [2.05, 4.69) is 22.4 Å². The molecule has 0 bridgehead atoms. The van der Waals surface area contributed by atoms with Gasteiger partial charge in [0.25, 0.3) is 0 Å². The second-order valence-corrected chi connectivity index (χ2v) is 7.32. The van der Waals surface area contributed by atoms with Crippen molar-refractivity contribution in [2.75, 3.05) is 11.4 Å². The molecule has 0 unspecified atom stereocenters. The molecule has 1 N–H and O–H groups in total. The van der Waals surface area contributed by atoms with Crippen molar-refractivity contribution in [3.8, 4) is 0 Å². The summed E-state index contributed by atoms with van der Waals surface area (Å²) in [7, 11) is 0. The van der Waals surface area contributed by atoms with Crippen LogP contribution in [0.15, 0.2) is 67.3 Å². The molecule has 2 heterocycles. The van der Waals surface area contributed by atoms with Crippen LogP contribution in [0.25, 0.3) is 0 Å². The van der Waals surface area contributed by atoms with Crippen LogP contribution in [-0.2, 0) is 29.1 Å². The Hall–Kier alpha value is -3.41. The number of amides is 2. The van der Waals surface area contributed by atoms with Crippen LogP contribution in [0.5, 0.6) is 0 Å². The van der Waals surface area contributed by atoms with Gasteiger partial charge in [-0.3, -0.25) is 9.59 Å². The van der Waals surface area contributed by atoms with Crippen LogP contribution in [0, 0.1) is 0 Å². The van der Waals surface area contributed by atoms with Gasteiger partial charge in [-0.25, -0.2) is 4.98 Å². The molecule has 1 aliphatic heterocycles. The third kappa shape index (κ3) is 4.90. The standard InChI is InChI=1S/C23H24N4O2/c28-22(14-18-7-9-21(10-8-18)27-12-1-2-23(27)29)25-15-19-3-5-20(6-4-19)16-26-13-11-24-17-26/h3-11,13,17H,1-2,12,14-16H2,(H,25,28). The van der Waals surface area contributed by atoms with E-state index in [-0.39, 0.29) is 11.8 Å². The zero-order valence-corrected chi connectivity index (χ0v) is 16.3. The van der Waals surface area contributed by atoms with Gasteiger partial charge in [-0.05, 0) is 35.2 Å². The van der Waals surface area contributed by atoms with Crippen molar-refractivity contribution in [3.63, 3.8) is 0 Å². The number of rotatable bonds is 7. The van der Waals surface area contributed by atoms with Crippen molar-refractivity contribution in [2.24, 2.45) is 0 Å². The Morgan fingerprint density at radius 2 is 1.72 bits per heavy atom. The van der Waals surface area contributed by atoms with Crippen LogP contribution in [0.3, 0.4) is 0 Å². The summed E-state index contributed by atoms with van der Waals surface area (Å²) in [5.74, 6) is 0.157. The lowest BCUT2D eigenvalue weighted by Crippen LogP contribution is -2.25. The zero-order chi connectivity index (χ0) is 20.1. The van der Waals surface area contributed by atoms with Crippen molar-refractivity contribution in [1.29, 1.82) is 0 Å². The van der Waals surface area contributed by atoms with Crippen molar-refractivity contribution in [1.82, 2.24) is 14.9 Å². The maximum Gasteiger partial charge on any atom is 0.227 e. The van der Waals surface area contributed by atoms with Crippen LogP contribution < -0.4 is 10.2 Å². The van der Waals surface area contributed by atoms with Crippen LogP contribution >= 0.6 is 0 Å². The van der Waals surface area contributed by atoms with Gasteiger partial charge in [0, 0.05) is 44.1 Å². The number of benzene rings is 2. The molecule has 0 atom stereocenters. The first kappa shape index (κ1) is 18.9. The highest BCUT2D eigenvalue weighted by atomic mass is 16.2. The maximum absolute atomic E-state index is 12.3. The lowest BCUT2D eigenvalue weighted by molar-refractivity contribution is -0.120. The molecule has 6 nitrogen and oxygen atoms in total. The molecular weight excluding hydrogens is 364 g/mol. The van der Waals surface area contributed by atoms with Gasteiger partial charge in [-0.15, -0.1) is 0 Å². The van der Waals surface area contributed by atoms with E-state index in [0.29, 0.717) is 19.4 Å². The second-order valence-electron chi connectivity index (χ2n) is 7.32. The summed E-state index contributed by atoms with van der Waals surface area (Å²) in [4.78, 5) is 29.9. The minimum absolute atomic E-state index is 0.0162. The third-order valence-corrected chi connectivity index (χ3v) is 5.12. The van der Waals surface area contributed by atoms with Crippen LogP contribution in [0.4, 0.5) is 5.69 Å². The Morgan fingerprint density at radius 3 is 2.38 bits per heavy atom. The Labute approximate surface area is 170 Å². The number of aromatic nitrogens is 2. The molecule has 29 heavy (non-hydrogen) atoms. The first-order valence-electron chi connectivity index (χ1n) is 9.87. The Kier molecular flexibility index (Phi) is 5.70. The summed E-state index contributed by atoms with van der Waals surface area (Å²) >= 11 is 0. The minimum atomic E-state index is -0.0162. The van der Waals surface area contributed by atoms with Gasteiger partial charge < -0.3 is 14.8 Å². The molecule has 0 saturated carbocycles. The first-order chi connectivity index (χ1) is 14.2. The number of nitrogens with one attached hydrogen (secondary N) is 1. The van der Waals surface area contributed by atoms with E-state index in [1.54, 1.807) is 17.4 Å². The van der Waals surface area contributed by atoms with E-state index in [1.165, 1.54) is 5.56 Å². The summed E-state index contributed by atoms with van der Waals surface area (Å²) in [5, 5.41) is 2.97. The van der Waals surface area contributed by atoms with E-state index in [4.69, 9.17) is 0 Å². The molecule has 4 rings (SSSR count). The van der Waals surface area contributed by atoms with Crippen LogP contribution in [0.2, 0.25) is 0 Å². The fraction of sp³-hybridized carbons (Fsp3) is 0.261. The molecule has 0 spiro atoms. The van der Waals surface area contributed by atoms with Gasteiger partial charge in [0.05, 0.1) is 12.7 Å². The molecule has 3 aromatic rings. The molecule has 0 radical (unpaired) electrons. The number of hydrogen-bond donors (Lipinski definition) is 1. The van der Waals surface area contributed by atoms with Gasteiger partial charge in [-0.1, -0.05) is 36.4 Å². The summed E-state index contributed by atoms with van der Waals surface area (Å²) in [6.07, 6.45) is 7.35.